The summed E-state index contributed by atoms with van der Waals surface area (Å²) in [4.78, 5) is 24.6. The molecule has 0 bridgehead atoms. The van der Waals surface area contributed by atoms with Crippen LogP contribution in [0.3, 0.4) is 0 Å². The molecule has 0 aromatic heterocycles. The molecular formula is C23H28N2O6S. The van der Waals surface area contributed by atoms with E-state index in [2.05, 4.69) is 5.32 Å². The highest BCUT2D eigenvalue weighted by molar-refractivity contribution is 7.98. The van der Waals surface area contributed by atoms with Gasteiger partial charge in [0.1, 0.15) is 18.5 Å². The molecule has 1 atom stereocenters. The van der Waals surface area contributed by atoms with Crippen molar-refractivity contribution >= 4 is 29.4 Å². The van der Waals surface area contributed by atoms with E-state index in [0.717, 1.165) is 10.5 Å². The van der Waals surface area contributed by atoms with Crippen molar-refractivity contribution in [1.29, 1.82) is 0 Å². The number of anilines is 1. The van der Waals surface area contributed by atoms with Crippen LogP contribution in [0.1, 0.15) is 30.9 Å². The van der Waals surface area contributed by atoms with Gasteiger partial charge in [0, 0.05) is 16.7 Å². The lowest BCUT2D eigenvalue weighted by atomic mass is 10.0. The molecule has 0 spiro atoms. The summed E-state index contributed by atoms with van der Waals surface area (Å²) in [5.41, 5.74) is 2.97. The minimum absolute atomic E-state index is 0.0760. The van der Waals surface area contributed by atoms with Gasteiger partial charge in [-0.05, 0) is 67.5 Å². The Balaban J connectivity index is 2.02. The van der Waals surface area contributed by atoms with Crippen LogP contribution in [0.4, 0.5) is 10.5 Å². The van der Waals surface area contributed by atoms with Gasteiger partial charge in [-0.1, -0.05) is 18.2 Å². The Kier molecular flexibility index (Phi) is 11.1. The summed E-state index contributed by atoms with van der Waals surface area (Å²) < 4.78 is 11.1. The molecule has 0 aliphatic carbocycles. The van der Waals surface area contributed by atoms with Crippen LogP contribution < -0.4 is 15.5 Å². The largest absolute Gasteiger partial charge is 0.491 e. The van der Waals surface area contributed by atoms with Crippen molar-refractivity contribution in [3.63, 3.8) is 0 Å². The van der Waals surface area contributed by atoms with Crippen LogP contribution in [0, 0.1) is 0 Å². The highest BCUT2D eigenvalue weighted by atomic mass is 32.2. The average molecular weight is 461 g/mol. The number of hydrogen-bond acceptors (Lipinski definition) is 7. The molecule has 2 aromatic carbocycles. The van der Waals surface area contributed by atoms with Crippen LogP contribution in [-0.2, 0) is 9.53 Å². The van der Waals surface area contributed by atoms with Crippen LogP contribution in [0.15, 0.2) is 65.6 Å². The third kappa shape index (κ3) is 9.01. The summed E-state index contributed by atoms with van der Waals surface area (Å²) in [7, 11) is 0. The van der Waals surface area contributed by atoms with E-state index in [-0.39, 0.29) is 13.2 Å². The first-order valence-electron chi connectivity index (χ1n) is 10.1. The molecule has 0 aliphatic rings. The first-order valence-corrected chi connectivity index (χ1v) is 11.3. The Bertz CT molecular complexity index is 871. The third-order valence-corrected chi connectivity index (χ3v) is 5.16. The highest BCUT2D eigenvalue weighted by Gasteiger charge is 2.17. The number of amides is 2. The molecule has 2 rings (SSSR count). The summed E-state index contributed by atoms with van der Waals surface area (Å²) in [5, 5.41) is 20.1. The van der Waals surface area contributed by atoms with Crippen molar-refractivity contribution in [2.24, 2.45) is 0 Å². The van der Waals surface area contributed by atoms with Crippen molar-refractivity contribution in [2.75, 3.05) is 24.8 Å². The van der Waals surface area contributed by atoms with Gasteiger partial charge in [0.2, 0.25) is 0 Å². The molecule has 172 valence electrons. The van der Waals surface area contributed by atoms with Crippen molar-refractivity contribution in [2.45, 2.75) is 30.3 Å². The topological polar surface area (TPSA) is 117 Å². The Morgan fingerprint density at radius 2 is 1.84 bits per heavy atom. The summed E-state index contributed by atoms with van der Waals surface area (Å²) in [6, 6.07) is 14.6. The number of aliphatic hydroxyl groups excluding tert-OH is 1. The maximum atomic E-state index is 12.5. The van der Waals surface area contributed by atoms with Crippen LogP contribution in [0.5, 0.6) is 5.75 Å². The van der Waals surface area contributed by atoms with Gasteiger partial charge in [0.15, 0.2) is 0 Å². The van der Waals surface area contributed by atoms with Crippen molar-refractivity contribution in [3.8, 4) is 5.75 Å². The maximum absolute atomic E-state index is 12.5. The van der Waals surface area contributed by atoms with Gasteiger partial charge in [-0.25, -0.2) is 10.3 Å². The first-order chi connectivity index (χ1) is 15.5. The second-order valence-corrected chi connectivity index (χ2v) is 7.58. The van der Waals surface area contributed by atoms with Gasteiger partial charge in [0.05, 0.1) is 6.61 Å². The molecule has 0 unspecified atom stereocenters. The van der Waals surface area contributed by atoms with Gasteiger partial charge in [-0.15, -0.1) is 11.8 Å². The zero-order valence-corrected chi connectivity index (χ0v) is 18.6. The van der Waals surface area contributed by atoms with Crippen LogP contribution in [0.25, 0.3) is 0 Å². The van der Waals surface area contributed by atoms with E-state index < -0.39 is 18.1 Å². The number of carbonyl (C=O) groups is 2. The summed E-state index contributed by atoms with van der Waals surface area (Å²) in [5.74, 6) is 0.0148. The number of ether oxygens (including phenoxy) is 2. The average Bonchev–Trinajstić information content (AvgIpc) is 2.82. The van der Waals surface area contributed by atoms with E-state index in [9.17, 15) is 9.59 Å². The number of allylic oxidation sites excluding steroid dienone is 1. The van der Waals surface area contributed by atoms with E-state index in [4.69, 9.17) is 19.8 Å². The first kappa shape index (κ1) is 25.3. The van der Waals surface area contributed by atoms with Crippen LogP contribution >= 0.6 is 11.8 Å². The molecule has 2 amide bonds. The molecule has 0 saturated heterocycles. The van der Waals surface area contributed by atoms with Crippen molar-refractivity contribution in [1.82, 2.24) is 5.48 Å². The summed E-state index contributed by atoms with van der Waals surface area (Å²) >= 11 is 1.61. The van der Waals surface area contributed by atoms with E-state index in [1.54, 1.807) is 30.0 Å². The van der Waals surface area contributed by atoms with E-state index >= 15 is 0 Å². The quantitative estimate of drug-likeness (QED) is 0.123. The Morgan fingerprint density at radius 1 is 1.12 bits per heavy atom. The fraction of sp³-hybridized carbons (Fsp3) is 0.304. The predicted octanol–water partition coefficient (Wildman–Crippen LogP) is 4.30. The fourth-order valence-corrected chi connectivity index (χ4v) is 3.24. The molecule has 8 nitrogen and oxygen atoms in total. The molecule has 0 heterocycles. The third-order valence-electron chi connectivity index (χ3n) is 4.41. The zero-order chi connectivity index (χ0) is 23.2. The van der Waals surface area contributed by atoms with E-state index in [0.29, 0.717) is 30.7 Å². The number of hydroxylamine groups is 1. The van der Waals surface area contributed by atoms with Crippen molar-refractivity contribution < 1.29 is 29.4 Å². The Morgan fingerprint density at radius 3 is 2.47 bits per heavy atom. The number of benzene rings is 2. The maximum Gasteiger partial charge on any atom is 0.412 e. The normalized spacial score (nSPS) is 11.7. The second-order valence-electron chi connectivity index (χ2n) is 6.70. The standard InChI is InChI=1S/C23H28N2O6S/c1-32-20-13-9-18(10-14-20)24-23(28)31-21(5-3-2-4-6-22(27)25-29)17-7-11-19(12-8-17)30-16-15-26/h4,6-14,21,26,29H,2-3,5,15-16H2,1H3,(H,24,28)(H,25,27)/b6-4+/t21-/m1/s1. The number of thioether (sulfide) groups is 1. The van der Waals surface area contributed by atoms with Crippen molar-refractivity contribution in [3.05, 3.63) is 66.2 Å². The van der Waals surface area contributed by atoms with Gasteiger partial charge < -0.3 is 14.6 Å². The smallest absolute Gasteiger partial charge is 0.412 e. The van der Waals surface area contributed by atoms with Gasteiger partial charge >= 0.3 is 6.09 Å². The molecule has 32 heavy (non-hydrogen) atoms. The summed E-state index contributed by atoms with van der Waals surface area (Å²) in [6.07, 6.45) is 5.54. The minimum Gasteiger partial charge on any atom is -0.491 e. The van der Waals surface area contributed by atoms with Crippen LogP contribution in [0.2, 0.25) is 0 Å². The van der Waals surface area contributed by atoms with E-state index in [1.807, 2.05) is 42.7 Å². The lowest BCUT2D eigenvalue weighted by molar-refractivity contribution is -0.124. The predicted molar refractivity (Wildman–Crippen MR) is 123 cm³/mol. The minimum atomic E-state index is -0.594. The van der Waals surface area contributed by atoms with Gasteiger partial charge in [-0.2, -0.15) is 0 Å². The number of nitrogens with one attached hydrogen (secondary N) is 2. The summed E-state index contributed by atoms with van der Waals surface area (Å²) in [6.45, 7) is 0.123. The highest BCUT2D eigenvalue weighted by Crippen LogP contribution is 2.27. The van der Waals surface area contributed by atoms with Crippen LogP contribution in [-0.4, -0.2) is 41.8 Å². The lowest BCUT2D eigenvalue weighted by Crippen LogP contribution is -2.17. The Labute approximate surface area is 191 Å². The number of unbranched alkanes of at least 4 members (excludes halogenated alkanes) is 1. The zero-order valence-electron chi connectivity index (χ0n) is 17.8. The van der Waals surface area contributed by atoms with Gasteiger partial charge in [0.25, 0.3) is 5.91 Å². The molecular weight excluding hydrogens is 432 g/mol. The molecule has 0 radical (unpaired) electrons. The molecule has 2 aromatic rings. The Hall–Kier alpha value is -3.01. The number of carbonyl (C=O) groups excluding carboxylic acids is 2. The number of aliphatic hydroxyl groups is 1. The second kappa shape index (κ2) is 14.1. The molecule has 0 saturated carbocycles. The number of rotatable bonds is 12. The fourth-order valence-electron chi connectivity index (χ4n) is 2.84. The molecule has 0 aliphatic heterocycles. The SMILES string of the molecule is CSc1ccc(NC(=O)O[C@H](CCC/C=C/C(=O)NO)c2ccc(OCCO)cc2)cc1. The monoisotopic (exact) mass is 460 g/mol. The molecule has 9 heteroatoms. The van der Waals surface area contributed by atoms with Gasteiger partial charge in [-0.3, -0.25) is 15.3 Å². The number of hydrogen-bond donors (Lipinski definition) is 4. The van der Waals surface area contributed by atoms with E-state index in [1.165, 1.54) is 11.6 Å². The molecule has 4 N–H and O–H groups in total. The lowest BCUT2D eigenvalue weighted by Gasteiger charge is -2.19. The molecule has 0 fully saturated rings.